The molecule has 0 spiro atoms. The average Bonchev–Trinajstić information content (AvgIpc) is 3.16. The van der Waals surface area contributed by atoms with Gasteiger partial charge in [0.05, 0.1) is 34.7 Å². The normalized spacial score (nSPS) is 11.3. The Kier molecular flexibility index (Phi) is 6.33. The second kappa shape index (κ2) is 8.75. The third-order valence-electron chi connectivity index (χ3n) is 3.73. The van der Waals surface area contributed by atoms with Crippen LogP contribution in [0.25, 0.3) is 11.4 Å². The fourth-order valence-corrected chi connectivity index (χ4v) is 3.15. The average molecular weight is 443 g/mol. The number of hydrogen-bond acceptors (Lipinski definition) is 5. The van der Waals surface area contributed by atoms with E-state index in [1.807, 2.05) is 12.1 Å². The molecule has 1 heterocycles. The number of amides is 1. The molecule has 6 nitrogen and oxygen atoms in total. The summed E-state index contributed by atoms with van der Waals surface area (Å²) in [6.45, 7) is 0. The van der Waals surface area contributed by atoms with Gasteiger partial charge in [0.25, 0.3) is 0 Å². The van der Waals surface area contributed by atoms with Gasteiger partial charge in [-0.2, -0.15) is 13.2 Å². The molecule has 0 aliphatic carbocycles. The molecule has 152 valence electrons. The molecular formula is C18H14ClF3N4O2S. The van der Waals surface area contributed by atoms with Gasteiger partial charge >= 0.3 is 6.18 Å². The van der Waals surface area contributed by atoms with Gasteiger partial charge in [-0.1, -0.05) is 35.5 Å². The molecule has 0 atom stereocenters. The van der Waals surface area contributed by atoms with Crippen LogP contribution in [0.2, 0.25) is 5.02 Å². The molecule has 1 amide bonds. The summed E-state index contributed by atoms with van der Waals surface area (Å²) in [7, 11) is 1.54. The van der Waals surface area contributed by atoms with Crippen molar-refractivity contribution in [1.82, 2.24) is 15.2 Å². The summed E-state index contributed by atoms with van der Waals surface area (Å²) in [5.74, 6) is 0.416. The summed E-state index contributed by atoms with van der Waals surface area (Å²) < 4.78 is 43.7. The van der Waals surface area contributed by atoms with E-state index in [1.54, 1.807) is 12.1 Å². The van der Waals surface area contributed by atoms with Crippen molar-refractivity contribution in [2.45, 2.75) is 11.3 Å². The van der Waals surface area contributed by atoms with E-state index in [0.717, 1.165) is 30.0 Å². The number of carbonyl (C=O) groups excluding carboxylic acids is 1. The highest BCUT2D eigenvalue weighted by Gasteiger charge is 2.31. The van der Waals surface area contributed by atoms with Crippen molar-refractivity contribution in [2.75, 3.05) is 18.2 Å². The molecule has 11 heteroatoms. The van der Waals surface area contributed by atoms with E-state index in [0.29, 0.717) is 22.3 Å². The number of methoxy groups -OCH3 is 1. The summed E-state index contributed by atoms with van der Waals surface area (Å²) in [5.41, 5.74) is -0.313. The third kappa shape index (κ3) is 5.21. The maximum absolute atomic E-state index is 12.8. The molecule has 1 aromatic heterocycles. The van der Waals surface area contributed by atoms with E-state index in [9.17, 15) is 18.0 Å². The second-order valence-corrected chi connectivity index (χ2v) is 7.05. The molecule has 0 bridgehead atoms. The monoisotopic (exact) mass is 442 g/mol. The maximum atomic E-state index is 12.8. The number of anilines is 1. The zero-order valence-electron chi connectivity index (χ0n) is 14.9. The lowest BCUT2D eigenvalue weighted by molar-refractivity contribution is -0.137. The van der Waals surface area contributed by atoms with Crippen LogP contribution in [-0.2, 0) is 11.0 Å². The Labute approximate surface area is 172 Å². The number of nitrogens with one attached hydrogen (secondary N) is 2. The predicted octanol–water partition coefficient (Wildman–Crippen LogP) is 4.88. The first-order valence-corrected chi connectivity index (χ1v) is 9.49. The van der Waals surface area contributed by atoms with Crippen LogP contribution in [0.1, 0.15) is 5.56 Å². The van der Waals surface area contributed by atoms with Gasteiger partial charge in [-0.3, -0.25) is 9.89 Å². The number of ether oxygens (including phenoxy) is 1. The number of thioether (sulfide) groups is 1. The molecule has 0 aliphatic heterocycles. The number of nitrogens with zero attached hydrogens (tertiary/aromatic N) is 2. The Morgan fingerprint density at radius 3 is 2.76 bits per heavy atom. The van der Waals surface area contributed by atoms with E-state index in [2.05, 4.69) is 20.5 Å². The van der Waals surface area contributed by atoms with Crippen LogP contribution in [0, 0.1) is 0 Å². The van der Waals surface area contributed by atoms with Crippen LogP contribution < -0.4 is 10.1 Å². The lowest BCUT2D eigenvalue weighted by atomic mass is 10.2. The Bertz CT molecular complexity index is 1030. The van der Waals surface area contributed by atoms with Crippen LogP contribution in [0.3, 0.4) is 0 Å². The fraction of sp³-hybridized carbons (Fsp3) is 0.167. The Morgan fingerprint density at radius 2 is 2.03 bits per heavy atom. The molecule has 0 saturated heterocycles. The van der Waals surface area contributed by atoms with Gasteiger partial charge in [0.1, 0.15) is 5.75 Å². The summed E-state index contributed by atoms with van der Waals surface area (Å²) in [6, 6.07) is 9.93. The van der Waals surface area contributed by atoms with E-state index >= 15 is 0 Å². The molecule has 3 aromatic rings. The van der Waals surface area contributed by atoms with Crippen molar-refractivity contribution in [2.24, 2.45) is 0 Å². The largest absolute Gasteiger partial charge is 0.496 e. The van der Waals surface area contributed by atoms with Gasteiger partial charge in [0, 0.05) is 0 Å². The number of hydrogen-bond donors (Lipinski definition) is 2. The topological polar surface area (TPSA) is 79.9 Å². The first-order valence-electron chi connectivity index (χ1n) is 8.13. The summed E-state index contributed by atoms with van der Waals surface area (Å²) in [6.07, 6.45) is -4.54. The predicted molar refractivity (Wildman–Crippen MR) is 104 cm³/mol. The Morgan fingerprint density at radius 1 is 1.28 bits per heavy atom. The molecule has 0 unspecified atom stereocenters. The van der Waals surface area contributed by atoms with Crippen molar-refractivity contribution in [3.05, 3.63) is 53.1 Å². The second-order valence-electron chi connectivity index (χ2n) is 5.70. The van der Waals surface area contributed by atoms with Crippen LogP contribution in [0.15, 0.2) is 47.6 Å². The van der Waals surface area contributed by atoms with E-state index in [1.165, 1.54) is 7.11 Å². The molecule has 2 N–H and O–H groups in total. The van der Waals surface area contributed by atoms with Gasteiger partial charge in [-0.05, 0) is 30.3 Å². The van der Waals surface area contributed by atoms with Crippen molar-refractivity contribution in [3.8, 4) is 17.1 Å². The van der Waals surface area contributed by atoms with Gasteiger partial charge in [0.2, 0.25) is 11.1 Å². The number of alkyl halides is 3. The smallest absolute Gasteiger partial charge is 0.416 e. The summed E-state index contributed by atoms with van der Waals surface area (Å²) >= 11 is 6.90. The number of halogens is 4. The highest BCUT2D eigenvalue weighted by molar-refractivity contribution is 7.99. The van der Waals surface area contributed by atoms with Crippen LogP contribution in [-0.4, -0.2) is 34.0 Å². The van der Waals surface area contributed by atoms with Crippen molar-refractivity contribution >= 4 is 35.0 Å². The summed E-state index contributed by atoms with van der Waals surface area (Å²) in [4.78, 5) is 16.4. The number of carbonyl (C=O) groups is 1. The number of H-pyrrole nitrogens is 1. The molecule has 3 rings (SSSR count). The standard InChI is InChI=1S/C18H14ClF3N4O2S/c1-28-14-5-3-2-4-11(14)16-24-17(26-25-16)29-9-15(27)23-13-8-10(18(20,21)22)6-7-12(13)19/h2-8H,9H2,1H3,(H,23,27)(H,24,25,26). The van der Waals surface area contributed by atoms with E-state index in [4.69, 9.17) is 16.3 Å². The molecule has 0 fully saturated rings. The fourth-order valence-electron chi connectivity index (χ4n) is 2.39. The van der Waals surface area contributed by atoms with Crippen molar-refractivity contribution in [3.63, 3.8) is 0 Å². The highest BCUT2D eigenvalue weighted by Crippen LogP contribution is 2.34. The Balaban J connectivity index is 1.64. The number of benzene rings is 2. The van der Waals surface area contributed by atoms with E-state index < -0.39 is 17.6 Å². The zero-order valence-corrected chi connectivity index (χ0v) is 16.5. The lowest BCUT2D eigenvalue weighted by Crippen LogP contribution is -2.15. The first kappa shape index (κ1) is 21.0. The van der Waals surface area contributed by atoms with Crippen molar-refractivity contribution in [1.29, 1.82) is 0 Å². The molecule has 2 aromatic carbocycles. The number of rotatable bonds is 6. The van der Waals surface area contributed by atoms with Crippen LogP contribution >= 0.6 is 23.4 Å². The molecule has 0 aliphatic rings. The lowest BCUT2D eigenvalue weighted by Gasteiger charge is -2.11. The van der Waals surface area contributed by atoms with Gasteiger partial charge in [-0.25, -0.2) is 4.98 Å². The van der Waals surface area contributed by atoms with Crippen molar-refractivity contribution < 1.29 is 22.7 Å². The highest BCUT2D eigenvalue weighted by atomic mass is 35.5. The zero-order chi connectivity index (χ0) is 21.0. The SMILES string of the molecule is COc1ccccc1-c1nc(SCC(=O)Nc2cc(C(F)(F)F)ccc2Cl)n[nH]1. The summed E-state index contributed by atoms with van der Waals surface area (Å²) in [5, 5.41) is 9.47. The first-order chi connectivity index (χ1) is 13.8. The van der Waals surface area contributed by atoms with Gasteiger partial charge in [-0.15, -0.1) is 5.10 Å². The van der Waals surface area contributed by atoms with Gasteiger partial charge < -0.3 is 10.1 Å². The number of para-hydroxylation sites is 1. The minimum Gasteiger partial charge on any atom is -0.496 e. The molecular weight excluding hydrogens is 429 g/mol. The minimum atomic E-state index is -4.54. The Hall–Kier alpha value is -2.72. The number of aromatic nitrogens is 3. The number of aromatic amines is 1. The molecule has 0 radical (unpaired) electrons. The van der Waals surface area contributed by atoms with E-state index in [-0.39, 0.29) is 16.5 Å². The molecule has 0 saturated carbocycles. The maximum Gasteiger partial charge on any atom is 0.416 e. The minimum absolute atomic E-state index is 0.00713. The molecule has 29 heavy (non-hydrogen) atoms. The van der Waals surface area contributed by atoms with Crippen LogP contribution in [0.5, 0.6) is 5.75 Å². The van der Waals surface area contributed by atoms with Gasteiger partial charge in [0.15, 0.2) is 5.82 Å². The van der Waals surface area contributed by atoms with Crippen LogP contribution in [0.4, 0.5) is 18.9 Å². The quantitative estimate of drug-likeness (QED) is 0.532. The third-order valence-corrected chi connectivity index (χ3v) is 4.90.